The van der Waals surface area contributed by atoms with Gasteiger partial charge in [-0.3, -0.25) is 4.90 Å². The Balaban J connectivity index is 2.41. The summed E-state index contributed by atoms with van der Waals surface area (Å²) in [7, 11) is 2.19. The Morgan fingerprint density at radius 2 is 2.00 bits per heavy atom. The molecule has 0 spiro atoms. The van der Waals surface area contributed by atoms with Crippen molar-refractivity contribution >= 4 is 11.6 Å². The van der Waals surface area contributed by atoms with Crippen LogP contribution in [0, 0.1) is 0 Å². The van der Waals surface area contributed by atoms with Gasteiger partial charge in [0.25, 0.3) is 0 Å². The van der Waals surface area contributed by atoms with Crippen molar-refractivity contribution in [3.05, 3.63) is 11.6 Å². The monoisotopic (exact) mass is 215 g/mol. The topological polar surface area (TPSA) is 3.24 Å². The van der Waals surface area contributed by atoms with Crippen LogP contribution >= 0.6 is 11.6 Å². The standard InChI is InChI=1S/C12H22ClN/c1-10(2)8-9-14(3)12-7-5-4-6-11(12)13/h8,11-12H,4-7,9H2,1-3H3. The van der Waals surface area contributed by atoms with Gasteiger partial charge in [-0.05, 0) is 33.7 Å². The zero-order valence-corrected chi connectivity index (χ0v) is 10.3. The van der Waals surface area contributed by atoms with Crippen molar-refractivity contribution in [1.29, 1.82) is 0 Å². The minimum Gasteiger partial charge on any atom is -0.298 e. The SMILES string of the molecule is CC(C)=CCN(C)C1CCCCC1Cl. The third-order valence-electron chi connectivity index (χ3n) is 3.00. The van der Waals surface area contributed by atoms with Crippen molar-refractivity contribution in [1.82, 2.24) is 4.90 Å². The van der Waals surface area contributed by atoms with Gasteiger partial charge in [-0.25, -0.2) is 0 Å². The molecule has 0 amide bonds. The molecule has 0 saturated heterocycles. The Hall–Kier alpha value is -0.0100. The van der Waals surface area contributed by atoms with Crippen LogP contribution in [-0.4, -0.2) is 29.9 Å². The molecule has 0 bridgehead atoms. The van der Waals surface area contributed by atoms with E-state index in [2.05, 4.69) is 31.9 Å². The normalized spacial score (nSPS) is 27.8. The van der Waals surface area contributed by atoms with Crippen molar-refractivity contribution in [3.8, 4) is 0 Å². The zero-order chi connectivity index (χ0) is 10.6. The van der Waals surface area contributed by atoms with Crippen molar-refractivity contribution < 1.29 is 0 Å². The zero-order valence-electron chi connectivity index (χ0n) is 9.59. The lowest BCUT2D eigenvalue weighted by atomic mass is 9.94. The Labute approximate surface area is 93.1 Å². The van der Waals surface area contributed by atoms with E-state index in [1.54, 1.807) is 0 Å². The molecule has 0 aliphatic heterocycles. The van der Waals surface area contributed by atoms with E-state index in [0.29, 0.717) is 11.4 Å². The van der Waals surface area contributed by atoms with Crippen molar-refractivity contribution in [2.24, 2.45) is 0 Å². The van der Waals surface area contributed by atoms with E-state index in [4.69, 9.17) is 11.6 Å². The Kier molecular flexibility index (Phi) is 4.97. The molecular formula is C12H22ClN. The average Bonchev–Trinajstić information content (AvgIpc) is 2.15. The Morgan fingerprint density at radius 3 is 2.57 bits per heavy atom. The van der Waals surface area contributed by atoms with Crippen LogP contribution < -0.4 is 0 Å². The maximum atomic E-state index is 6.33. The van der Waals surface area contributed by atoms with Crippen molar-refractivity contribution in [3.63, 3.8) is 0 Å². The first-order valence-electron chi connectivity index (χ1n) is 5.59. The van der Waals surface area contributed by atoms with Gasteiger partial charge >= 0.3 is 0 Å². The third kappa shape index (κ3) is 3.62. The quantitative estimate of drug-likeness (QED) is 0.515. The highest BCUT2D eigenvalue weighted by Crippen LogP contribution is 2.26. The number of hydrogen-bond acceptors (Lipinski definition) is 1. The molecule has 2 atom stereocenters. The number of rotatable bonds is 3. The summed E-state index contributed by atoms with van der Waals surface area (Å²) in [4.78, 5) is 2.39. The lowest BCUT2D eigenvalue weighted by Crippen LogP contribution is -2.40. The summed E-state index contributed by atoms with van der Waals surface area (Å²) < 4.78 is 0. The predicted octanol–water partition coefficient (Wildman–Crippen LogP) is 3.43. The first-order valence-corrected chi connectivity index (χ1v) is 6.02. The van der Waals surface area contributed by atoms with Crippen molar-refractivity contribution in [2.45, 2.75) is 50.9 Å². The van der Waals surface area contributed by atoms with Gasteiger partial charge in [0.15, 0.2) is 0 Å². The van der Waals surface area contributed by atoms with E-state index >= 15 is 0 Å². The summed E-state index contributed by atoms with van der Waals surface area (Å²) >= 11 is 6.33. The van der Waals surface area contributed by atoms with E-state index in [1.807, 2.05) is 0 Å². The van der Waals surface area contributed by atoms with Gasteiger partial charge in [0.05, 0.1) is 0 Å². The second kappa shape index (κ2) is 5.77. The third-order valence-corrected chi connectivity index (χ3v) is 3.51. The molecule has 0 aromatic rings. The summed E-state index contributed by atoms with van der Waals surface area (Å²) in [6.45, 7) is 5.33. The van der Waals surface area contributed by atoms with Crippen LogP contribution in [0.5, 0.6) is 0 Å². The summed E-state index contributed by atoms with van der Waals surface area (Å²) in [6, 6.07) is 0.584. The number of halogens is 1. The molecule has 2 heteroatoms. The molecule has 1 aliphatic carbocycles. The van der Waals surface area contributed by atoms with Gasteiger partial charge in [-0.2, -0.15) is 0 Å². The van der Waals surface area contributed by atoms with Gasteiger partial charge < -0.3 is 0 Å². The maximum absolute atomic E-state index is 6.33. The smallest absolute Gasteiger partial charge is 0.0491 e. The van der Waals surface area contributed by atoms with Gasteiger partial charge in [-0.1, -0.05) is 24.5 Å². The van der Waals surface area contributed by atoms with Crippen LogP contribution in [0.1, 0.15) is 39.5 Å². The lowest BCUT2D eigenvalue weighted by molar-refractivity contribution is 0.213. The number of nitrogens with zero attached hydrogens (tertiary/aromatic N) is 1. The van der Waals surface area contributed by atoms with Gasteiger partial charge in [-0.15, -0.1) is 11.6 Å². The van der Waals surface area contributed by atoms with E-state index in [-0.39, 0.29) is 0 Å². The molecule has 0 aromatic carbocycles. The van der Waals surface area contributed by atoms with Gasteiger partial charge in [0, 0.05) is 18.0 Å². The molecule has 1 rings (SSSR count). The highest BCUT2D eigenvalue weighted by atomic mass is 35.5. The molecule has 0 aromatic heterocycles. The Bertz CT molecular complexity index is 196. The highest BCUT2D eigenvalue weighted by Gasteiger charge is 2.25. The number of likely N-dealkylation sites (N-methyl/N-ethyl adjacent to an activating group) is 1. The fourth-order valence-electron chi connectivity index (χ4n) is 2.02. The molecular weight excluding hydrogens is 194 g/mol. The molecule has 1 aliphatic rings. The van der Waals surface area contributed by atoms with Crippen LogP contribution in [0.25, 0.3) is 0 Å². The molecule has 2 unspecified atom stereocenters. The van der Waals surface area contributed by atoms with E-state index < -0.39 is 0 Å². The summed E-state index contributed by atoms with van der Waals surface area (Å²) in [6.07, 6.45) is 7.37. The van der Waals surface area contributed by atoms with Crippen LogP contribution in [0.3, 0.4) is 0 Å². The predicted molar refractivity (Wildman–Crippen MR) is 64.0 cm³/mol. The van der Waals surface area contributed by atoms with Crippen LogP contribution in [0.2, 0.25) is 0 Å². The molecule has 0 radical (unpaired) electrons. The second-order valence-electron chi connectivity index (χ2n) is 4.59. The summed E-state index contributed by atoms with van der Waals surface area (Å²) in [5, 5.41) is 0.360. The van der Waals surface area contributed by atoms with E-state index in [0.717, 1.165) is 6.54 Å². The molecule has 82 valence electrons. The fraction of sp³-hybridized carbons (Fsp3) is 0.833. The van der Waals surface area contributed by atoms with Crippen molar-refractivity contribution in [2.75, 3.05) is 13.6 Å². The van der Waals surface area contributed by atoms with Crippen LogP contribution in [0.4, 0.5) is 0 Å². The maximum Gasteiger partial charge on any atom is 0.0491 e. The summed E-state index contributed by atoms with van der Waals surface area (Å²) in [5.74, 6) is 0. The molecule has 1 nitrogen and oxygen atoms in total. The van der Waals surface area contributed by atoms with E-state index in [9.17, 15) is 0 Å². The van der Waals surface area contributed by atoms with Gasteiger partial charge in [0.2, 0.25) is 0 Å². The largest absolute Gasteiger partial charge is 0.298 e. The average molecular weight is 216 g/mol. The minimum atomic E-state index is 0.360. The van der Waals surface area contributed by atoms with Crippen LogP contribution in [0.15, 0.2) is 11.6 Å². The fourth-order valence-corrected chi connectivity index (χ4v) is 2.50. The number of alkyl halides is 1. The first kappa shape index (κ1) is 12.1. The first-order chi connectivity index (χ1) is 6.61. The minimum absolute atomic E-state index is 0.360. The molecule has 0 N–H and O–H groups in total. The lowest BCUT2D eigenvalue weighted by Gasteiger charge is -2.34. The highest BCUT2D eigenvalue weighted by molar-refractivity contribution is 6.21. The molecule has 1 saturated carbocycles. The summed E-state index contributed by atoms with van der Waals surface area (Å²) in [5.41, 5.74) is 1.39. The molecule has 1 fully saturated rings. The van der Waals surface area contributed by atoms with Crippen LogP contribution in [-0.2, 0) is 0 Å². The Morgan fingerprint density at radius 1 is 1.36 bits per heavy atom. The molecule has 14 heavy (non-hydrogen) atoms. The van der Waals surface area contributed by atoms with Gasteiger partial charge in [0.1, 0.15) is 0 Å². The molecule has 0 heterocycles. The second-order valence-corrected chi connectivity index (χ2v) is 5.15. The number of allylic oxidation sites excluding steroid dienone is 1. The number of hydrogen-bond donors (Lipinski definition) is 0. The van der Waals surface area contributed by atoms with E-state index in [1.165, 1.54) is 31.3 Å².